The number of anilines is 1. The molecule has 2 amide bonds. The number of ether oxygens (including phenoxy) is 4. The molecule has 1 fully saturated rings. The van der Waals surface area contributed by atoms with Crippen LogP contribution >= 0.6 is 0 Å². The van der Waals surface area contributed by atoms with Crippen molar-refractivity contribution in [2.45, 2.75) is 25.9 Å². The number of carbonyl (C=O) groups excluding carboxylic acids is 1. The van der Waals surface area contributed by atoms with E-state index in [1.54, 1.807) is 17.0 Å². The molecular formula is C20H26N4O5. The molecule has 0 atom stereocenters. The van der Waals surface area contributed by atoms with Crippen LogP contribution in [0.15, 0.2) is 24.3 Å². The number of aromatic nitrogens is 2. The molecule has 0 bridgehead atoms. The fourth-order valence-electron chi connectivity index (χ4n) is 3.15. The summed E-state index contributed by atoms with van der Waals surface area (Å²) < 4.78 is 21.8. The third-order valence-electron chi connectivity index (χ3n) is 4.71. The van der Waals surface area contributed by atoms with Crippen LogP contribution in [-0.2, 0) is 0 Å². The van der Waals surface area contributed by atoms with Crippen molar-refractivity contribution < 1.29 is 23.7 Å². The van der Waals surface area contributed by atoms with Gasteiger partial charge in [-0.1, -0.05) is 0 Å². The lowest BCUT2D eigenvalue weighted by molar-refractivity contribution is 0.110. The summed E-state index contributed by atoms with van der Waals surface area (Å²) in [4.78, 5) is 14.4. The highest BCUT2D eigenvalue weighted by atomic mass is 16.5. The first-order chi connectivity index (χ1) is 14.0. The van der Waals surface area contributed by atoms with Crippen molar-refractivity contribution in [1.82, 2.24) is 15.1 Å². The van der Waals surface area contributed by atoms with Gasteiger partial charge in [-0.05, 0) is 13.0 Å². The summed E-state index contributed by atoms with van der Waals surface area (Å²) in [5.41, 5.74) is 1.41. The Kier molecular flexibility index (Phi) is 6.58. The summed E-state index contributed by atoms with van der Waals surface area (Å²) in [6.07, 6.45) is 1.45. The van der Waals surface area contributed by atoms with Crippen molar-refractivity contribution in [1.29, 1.82) is 0 Å². The maximum Gasteiger partial charge on any atom is 0.321 e. The van der Waals surface area contributed by atoms with Crippen LogP contribution in [0.2, 0.25) is 0 Å². The number of nitrogens with zero attached hydrogens (tertiary/aromatic N) is 3. The monoisotopic (exact) mass is 402 g/mol. The highest BCUT2D eigenvalue weighted by Crippen LogP contribution is 2.40. The Hall–Kier alpha value is -3.23. The lowest BCUT2D eigenvalue weighted by atomic mass is 10.1. The zero-order chi connectivity index (χ0) is 20.8. The zero-order valence-corrected chi connectivity index (χ0v) is 17.1. The normalized spacial score (nSPS) is 14.3. The second kappa shape index (κ2) is 9.31. The second-order valence-corrected chi connectivity index (χ2v) is 6.66. The van der Waals surface area contributed by atoms with Crippen LogP contribution in [0.4, 0.5) is 10.5 Å². The number of benzene rings is 1. The minimum absolute atomic E-state index is 0.0113. The van der Waals surface area contributed by atoms with Gasteiger partial charge in [0.2, 0.25) is 11.6 Å². The van der Waals surface area contributed by atoms with Crippen molar-refractivity contribution in [2.75, 3.05) is 39.7 Å². The smallest absolute Gasteiger partial charge is 0.321 e. The van der Waals surface area contributed by atoms with Gasteiger partial charge in [0.05, 0.1) is 32.7 Å². The standard InChI is InChI=1S/C20H26N4O5/c1-13-5-6-18(23-22-13)29-15-7-9-24(10-8-15)20(25)21-14-11-16(26-2)19(28-4)17(12-14)27-3/h5-6,11-12,15H,7-10H2,1-4H3,(H,21,25). The maximum atomic E-state index is 12.7. The van der Waals surface area contributed by atoms with E-state index in [4.69, 9.17) is 18.9 Å². The Balaban J connectivity index is 1.57. The topological polar surface area (TPSA) is 95.0 Å². The van der Waals surface area contributed by atoms with Gasteiger partial charge in [0, 0.05) is 44.1 Å². The van der Waals surface area contributed by atoms with E-state index in [0.717, 1.165) is 18.5 Å². The highest BCUT2D eigenvalue weighted by Gasteiger charge is 2.25. The molecule has 1 saturated heterocycles. The molecule has 2 aromatic rings. The van der Waals surface area contributed by atoms with E-state index in [-0.39, 0.29) is 12.1 Å². The van der Waals surface area contributed by atoms with Crippen molar-refractivity contribution in [3.8, 4) is 23.1 Å². The third kappa shape index (κ3) is 4.98. The van der Waals surface area contributed by atoms with Gasteiger partial charge >= 0.3 is 6.03 Å². The first-order valence-corrected chi connectivity index (χ1v) is 9.37. The molecule has 156 valence electrons. The number of methoxy groups -OCH3 is 3. The van der Waals surface area contributed by atoms with Gasteiger partial charge in [-0.15, -0.1) is 5.10 Å². The van der Waals surface area contributed by atoms with Crippen LogP contribution in [0.5, 0.6) is 23.1 Å². The molecule has 1 N–H and O–H groups in total. The molecule has 9 heteroatoms. The summed E-state index contributed by atoms with van der Waals surface area (Å²) >= 11 is 0. The quantitative estimate of drug-likeness (QED) is 0.794. The molecule has 1 aromatic carbocycles. The van der Waals surface area contributed by atoms with Gasteiger partial charge in [0.25, 0.3) is 0 Å². The van der Waals surface area contributed by atoms with Gasteiger partial charge in [0.15, 0.2) is 11.5 Å². The number of likely N-dealkylation sites (tertiary alicyclic amines) is 1. The predicted octanol–water partition coefficient (Wildman–Crippen LogP) is 2.89. The molecule has 9 nitrogen and oxygen atoms in total. The number of aryl methyl sites for hydroxylation is 1. The number of rotatable bonds is 6. The minimum Gasteiger partial charge on any atom is -0.493 e. The fraction of sp³-hybridized carbons (Fsp3) is 0.450. The minimum atomic E-state index is -0.187. The Morgan fingerprint density at radius 1 is 1.03 bits per heavy atom. The number of nitrogens with one attached hydrogen (secondary N) is 1. The summed E-state index contributed by atoms with van der Waals surface area (Å²) in [6.45, 7) is 3.04. The van der Waals surface area contributed by atoms with E-state index in [1.807, 2.05) is 19.1 Å². The molecule has 0 spiro atoms. The van der Waals surface area contributed by atoms with Crippen LogP contribution < -0.4 is 24.3 Å². The number of piperidine rings is 1. The van der Waals surface area contributed by atoms with Gasteiger partial charge in [-0.3, -0.25) is 0 Å². The SMILES string of the molecule is COc1cc(NC(=O)N2CCC(Oc3ccc(C)nn3)CC2)cc(OC)c1OC. The van der Waals surface area contributed by atoms with Crippen LogP contribution in [0.25, 0.3) is 0 Å². The molecule has 1 aliphatic rings. The molecule has 1 aromatic heterocycles. The average Bonchev–Trinajstić information content (AvgIpc) is 2.75. The van der Waals surface area contributed by atoms with Crippen LogP contribution in [0.3, 0.4) is 0 Å². The average molecular weight is 402 g/mol. The van der Waals surface area contributed by atoms with Crippen LogP contribution in [-0.4, -0.2) is 61.7 Å². The number of hydrogen-bond acceptors (Lipinski definition) is 7. The molecule has 0 radical (unpaired) electrons. The van der Waals surface area contributed by atoms with E-state index in [0.29, 0.717) is 41.9 Å². The summed E-state index contributed by atoms with van der Waals surface area (Å²) in [5.74, 6) is 1.95. The molecule has 0 saturated carbocycles. The Morgan fingerprint density at radius 2 is 1.69 bits per heavy atom. The first-order valence-electron chi connectivity index (χ1n) is 9.37. The molecule has 2 heterocycles. The van der Waals surface area contributed by atoms with E-state index in [1.165, 1.54) is 21.3 Å². The third-order valence-corrected chi connectivity index (χ3v) is 4.71. The largest absolute Gasteiger partial charge is 0.493 e. The number of hydrogen-bond donors (Lipinski definition) is 1. The Morgan fingerprint density at radius 3 is 2.21 bits per heavy atom. The number of carbonyl (C=O) groups is 1. The highest BCUT2D eigenvalue weighted by molar-refractivity contribution is 5.90. The predicted molar refractivity (Wildman–Crippen MR) is 107 cm³/mol. The molecule has 0 unspecified atom stereocenters. The summed E-state index contributed by atoms with van der Waals surface area (Å²) in [7, 11) is 4.60. The van der Waals surface area contributed by atoms with E-state index in [9.17, 15) is 4.79 Å². The lowest BCUT2D eigenvalue weighted by Crippen LogP contribution is -2.43. The van der Waals surface area contributed by atoms with Gasteiger partial charge in [-0.25, -0.2) is 4.79 Å². The van der Waals surface area contributed by atoms with Gasteiger partial charge < -0.3 is 29.2 Å². The zero-order valence-electron chi connectivity index (χ0n) is 17.1. The van der Waals surface area contributed by atoms with E-state index in [2.05, 4.69) is 15.5 Å². The van der Waals surface area contributed by atoms with Crippen molar-refractivity contribution in [2.24, 2.45) is 0 Å². The summed E-state index contributed by atoms with van der Waals surface area (Å²) in [5, 5.41) is 10.9. The van der Waals surface area contributed by atoms with Crippen LogP contribution in [0, 0.1) is 6.92 Å². The van der Waals surface area contributed by atoms with Crippen molar-refractivity contribution in [3.63, 3.8) is 0 Å². The second-order valence-electron chi connectivity index (χ2n) is 6.66. The Labute approximate surface area is 169 Å². The Bertz CT molecular complexity index is 810. The number of amides is 2. The van der Waals surface area contributed by atoms with E-state index < -0.39 is 0 Å². The number of urea groups is 1. The van der Waals surface area contributed by atoms with Crippen molar-refractivity contribution >= 4 is 11.7 Å². The fourth-order valence-corrected chi connectivity index (χ4v) is 3.15. The molecular weight excluding hydrogens is 376 g/mol. The van der Waals surface area contributed by atoms with Gasteiger partial charge in [0.1, 0.15) is 6.10 Å². The molecule has 29 heavy (non-hydrogen) atoms. The molecule has 0 aliphatic carbocycles. The maximum absolute atomic E-state index is 12.7. The molecule has 3 rings (SSSR count). The first kappa shape index (κ1) is 20.5. The van der Waals surface area contributed by atoms with Gasteiger partial charge in [-0.2, -0.15) is 5.10 Å². The van der Waals surface area contributed by atoms with Crippen molar-refractivity contribution in [3.05, 3.63) is 30.0 Å². The summed E-state index contributed by atoms with van der Waals surface area (Å²) in [6, 6.07) is 6.89. The molecule has 1 aliphatic heterocycles. The lowest BCUT2D eigenvalue weighted by Gasteiger charge is -2.31. The van der Waals surface area contributed by atoms with Crippen LogP contribution in [0.1, 0.15) is 18.5 Å². The van der Waals surface area contributed by atoms with E-state index >= 15 is 0 Å².